The van der Waals surface area contributed by atoms with E-state index in [0.29, 0.717) is 19.0 Å². The van der Waals surface area contributed by atoms with Gasteiger partial charge in [0.05, 0.1) is 18.4 Å². The molecule has 1 aliphatic rings. The lowest BCUT2D eigenvalue weighted by Gasteiger charge is -2.36. The van der Waals surface area contributed by atoms with Gasteiger partial charge in [0.1, 0.15) is 0 Å². The molecule has 2 rings (SSSR count). The Balaban J connectivity index is 2.34. The molecule has 0 saturated carbocycles. The highest BCUT2D eigenvalue weighted by molar-refractivity contribution is 5.90. The second kappa shape index (κ2) is 5.75. The third-order valence-corrected chi connectivity index (χ3v) is 3.50. The lowest BCUT2D eigenvalue weighted by atomic mass is 9.96. The number of carbonyl (C=O) groups is 1. The predicted molar refractivity (Wildman–Crippen MR) is 71.7 cm³/mol. The Bertz CT molecular complexity index is 512. The summed E-state index contributed by atoms with van der Waals surface area (Å²) in [6.45, 7) is 3.10. The fourth-order valence-corrected chi connectivity index (χ4v) is 2.65. The van der Waals surface area contributed by atoms with Gasteiger partial charge in [0.15, 0.2) is 11.6 Å². The van der Waals surface area contributed by atoms with Crippen molar-refractivity contribution in [2.45, 2.75) is 19.4 Å². The SMILES string of the molecule is COC(=O)c1ccc(N2CC(C)CC(N)C2)c(F)c1F. The number of nitrogens with two attached hydrogens (primary N) is 1. The van der Waals surface area contributed by atoms with Crippen molar-refractivity contribution in [2.24, 2.45) is 11.7 Å². The fraction of sp³-hybridized carbons (Fsp3) is 0.500. The number of methoxy groups -OCH3 is 1. The lowest BCUT2D eigenvalue weighted by Crippen LogP contribution is -2.46. The fourth-order valence-electron chi connectivity index (χ4n) is 2.65. The number of rotatable bonds is 2. The van der Waals surface area contributed by atoms with Crippen molar-refractivity contribution < 1.29 is 18.3 Å². The summed E-state index contributed by atoms with van der Waals surface area (Å²) in [5, 5.41) is 0. The van der Waals surface area contributed by atoms with Crippen LogP contribution in [0.2, 0.25) is 0 Å². The van der Waals surface area contributed by atoms with Crippen molar-refractivity contribution in [3.05, 3.63) is 29.3 Å². The summed E-state index contributed by atoms with van der Waals surface area (Å²) < 4.78 is 32.5. The maximum Gasteiger partial charge on any atom is 0.340 e. The standard InChI is InChI=1S/C14H18F2N2O2/c1-8-5-9(17)7-18(6-8)11-4-3-10(14(19)20-2)12(15)13(11)16/h3-4,8-9H,5-7,17H2,1-2H3. The number of piperidine rings is 1. The molecule has 0 amide bonds. The average molecular weight is 284 g/mol. The van der Waals surface area contributed by atoms with E-state index < -0.39 is 23.2 Å². The van der Waals surface area contributed by atoms with E-state index in [2.05, 4.69) is 4.74 Å². The maximum absolute atomic E-state index is 14.1. The Morgan fingerprint density at radius 1 is 1.35 bits per heavy atom. The molecule has 6 heteroatoms. The first-order valence-corrected chi connectivity index (χ1v) is 6.50. The van der Waals surface area contributed by atoms with E-state index in [1.807, 2.05) is 6.92 Å². The second-order valence-corrected chi connectivity index (χ2v) is 5.26. The number of nitrogens with zero attached hydrogens (tertiary/aromatic N) is 1. The summed E-state index contributed by atoms with van der Waals surface area (Å²) in [5.74, 6) is -2.80. The number of benzene rings is 1. The van der Waals surface area contributed by atoms with Gasteiger partial charge in [0, 0.05) is 19.1 Å². The van der Waals surface area contributed by atoms with Crippen LogP contribution in [0.3, 0.4) is 0 Å². The monoisotopic (exact) mass is 284 g/mol. The Morgan fingerprint density at radius 2 is 2.05 bits per heavy atom. The van der Waals surface area contributed by atoms with Crippen LogP contribution in [0.25, 0.3) is 0 Å². The molecule has 1 aromatic carbocycles. The highest BCUT2D eigenvalue weighted by Crippen LogP contribution is 2.28. The molecule has 2 atom stereocenters. The van der Waals surface area contributed by atoms with Gasteiger partial charge < -0.3 is 15.4 Å². The molecule has 4 nitrogen and oxygen atoms in total. The second-order valence-electron chi connectivity index (χ2n) is 5.26. The van der Waals surface area contributed by atoms with Gasteiger partial charge in [-0.2, -0.15) is 0 Å². The van der Waals surface area contributed by atoms with Crippen molar-refractivity contribution >= 4 is 11.7 Å². The normalized spacial score (nSPS) is 22.8. The molecule has 0 aromatic heterocycles. The summed E-state index contributed by atoms with van der Waals surface area (Å²) >= 11 is 0. The van der Waals surface area contributed by atoms with E-state index in [1.165, 1.54) is 12.1 Å². The van der Waals surface area contributed by atoms with E-state index in [1.54, 1.807) is 4.90 Å². The largest absolute Gasteiger partial charge is 0.465 e. The summed E-state index contributed by atoms with van der Waals surface area (Å²) in [6.07, 6.45) is 0.862. The highest BCUT2D eigenvalue weighted by atomic mass is 19.2. The number of hydrogen-bond acceptors (Lipinski definition) is 4. The Hall–Kier alpha value is -1.69. The molecule has 1 aromatic rings. The molecule has 0 bridgehead atoms. The zero-order chi connectivity index (χ0) is 14.9. The molecule has 2 unspecified atom stereocenters. The van der Waals surface area contributed by atoms with Gasteiger partial charge in [-0.25, -0.2) is 13.6 Å². The Kier molecular flexibility index (Phi) is 4.23. The summed E-state index contributed by atoms with van der Waals surface area (Å²) in [4.78, 5) is 13.0. The van der Waals surface area contributed by atoms with Gasteiger partial charge in [0.25, 0.3) is 0 Å². The van der Waals surface area contributed by atoms with Crippen LogP contribution in [0.4, 0.5) is 14.5 Å². The van der Waals surface area contributed by atoms with Crippen LogP contribution in [-0.2, 0) is 4.74 Å². The Morgan fingerprint density at radius 3 is 2.65 bits per heavy atom. The van der Waals surface area contributed by atoms with Crippen LogP contribution >= 0.6 is 0 Å². The molecular weight excluding hydrogens is 266 g/mol. The predicted octanol–water partition coefficient (Wildman–Crippen LogP) is 1.92. The molecule has 1 saturated heterocycles. The van der Waals surface area contributed by atoms with Crippen LogP contribution in [0.1, 0.15) is 23.7 Å². The highest BCUT2D eigenvalue weighted by Gasteiger charge is 2.27. The number of esters is 1. The average Bonchev–Trinajstić information content (AvgIpc) is 2.39. The lowest BCUT2D eigenvalue weighted by molar-refractivity contribution is 0.0594. The van der Waals surface area contributed by atoms with Crippen LogP contribution in [-0.4, -0.2) is 32.2 Å². The van der Waals surface area contributed by atoms with Crippen molar-refractivity contribution in [3.8, 4) is 0 Å². The van der Waals surface area contributed by atoms with Crippen LogP contribution < -0.4 is 10.6 Å². The number of hydrogen-bond donors (Lipinski definition) is 1. The van der Waals surface area contributed by atoms with Gasteiger partial charge >= 0.3 is 5.97 Å². The molecule has 1 aliphatic heterocycles. The van der Waals surface area contributed by atoms with E-state index in [9.17, 15) is 13.6 Å². The van der Waals surface area contributed by atoms with Crippen LogP contribution in [0.5, 0.6) is 0 Å². The van der Waals surface area contributed by atoms with Crippen molar-refractivity contribution in [3.63, 3.8) is 0 Å². The Labute approximate surface area is 116 Å². The molecule has 110 valence electrons. The molecule has 2 N–H and O–H groups in total. The quantitative estimate of drug-likeness (QED) is 0.843. The topological polar surface area (TPSA) is 55.6 Å². The molecule has 0 radical (unpaired) electrons. The van der Waals surface area contributed by atoms with E-state index in [0.717, 1.165) is 13.5 Å². The van der Waals surface area contributed by atoms with E-state index in [4.69, 9.17) is 5.73 Å². The third-order valence-electron chi connectivity index (χ3n) is 3.50. The molecular formula is C14H18F2N2O2. The number of anilines is 1. The summed E-state index contributed by atoms with van der Waals surface area (Å²) in [5.41, 5.74) is 5.65. The zero-order valence-electron chi connectivity index (χ0n) is 11.5. The summed E-state index contributed by atoms with van der Waals surface area (Å²) in [7, 11) is 1.12. The van der Waals surface area contributed by atoms with Crippen LogP contribution in [0, 0.1) is 17.6 Å². The first-order valence-electron chi connectivity index (χ1n) is 6.50. The number of carbonyl (C=O) groups excluding carboxylic acids is 1. The van der Waals surface area contributed by atoms with E-state index in [-0.39, 0.29) is 11.7 Å². The minimum Gasteiger partial charge on any atom is -0.465 e. The molecule has 0 spiro atoms. The first-order chi connectivity index (χ1) is 9.43. The molecule has 0 aliphatic carbocycles. The van der Waals surface area contributed by atoms with E-state index >= 15 is 0 Å². The maximum atomic E-state index is 14.1. The van der Waals surface area contributed by atoms with Gasteiger partial charge in [0.2, 0.25) is 0 Å². The molecule has 1 heterocycles. The summed E-state index contributed by atoms with van der Waals surface area (Å²) in [6, 6.07) is 2.57. The molecule has 20 heavy (non-hydrogen) atoms. The smallest absolute Gasteiger partial charge is 0.340 e. The number of halogens is 2. The van der Waals surface area contributed by atoms with Crippen LogP contribution in [0.15, 0.2) is 12.1 Å². The minimum atomic E-state index is -1.18. The van der Waals surface area contributed by atoms with Gasteiger partial charge in [-0.15, -0.1) is 0 Å². The van der Waals surface area contributed by atoms with Crippen molar-refractivity contribution in [1.82, 2.24) is 0 Å². The third kappa shape index (κ3) is 2.75. The van der Waals surface area contributed by atoms with Gasteiger partial charge in [-0.05, 0) is 24.5 Å². The van der Waals surface area contributed by atoms with Gasteiger partial charge in [-0.3, -0.25) is 0 Å². The minimum absolute atomic E-state index is 0.0681. The van der Waals surface area contributed by atoms with Crippen molar-refractivity contribution in [2.75, 3.05) is 25.1 Å². The zero-order valence-corrected chi connectivity index (χ0v) is 11.5. The van der Waals surface area contributed by atoms with Gasteiger partial charge in [-0.1, -0.05) is 6.92 Å². The molecule has 1 fully saturated rings. The van der Waals surface area contributed by atoms with Crippen molar-refractivity contribution in [1.29, 1.82) is 0 Å². The number of ether oxygens (including phenoxy) is 1. The first kappa shape index (κ1) is 14.7.